The second kappa shape index (κ2) is 4.10. The van der Waals surface area contributed by atoms with E-state index in [9.17, 15) is 4.79 Å². The molecule has 0 spiro atoms. The number of carbonyl (C=O) groups excluding carboxylic acids is 1. The highest BCUT2D eigenvalue weighted by atomic mass is 79.9. The molecule has 90 valence electrons. The van der Waals surface area contributed by atoms with Crippen molar-refractivity contribution in [2.24, 2.45) is 5.41 Å². The van der Waals surface area contributed by atoms with E-state index < -0.39 is 0 Å². The van der Waals surface area contributed by atoms with Crippen LogP contribution in [0.2, 0.25) is 0 Å². The van der Waals surface area contributed by atoms with E-state index in [0.717, 1.165) is 34.9 Å². The molecule has 0 saturated carbocycles. The molecule has 0 amide bonds. The van der Waals surface area contributed by atoms with Crippen molar-refractivity contribution in [2.75, 3.05) is 0 Å². The van der Waals surface area contributed by atoms with Crippen LogP contribution in [-0.4, -0.2) is 5.78 Å². The molecule has 0 bridgehead atoms. The van der Waals surface area contributed by atoms with Gasteiger partial charge in [0, 0.05) is 10.9 Å². The third-order valence-electron chi connectivity index (χ3n) is 4.09. The SMILES string of the molecule is C#CC12CCC(=O)C=C1c1c(Br)cccc1CC2. The highest BCUT2D eigenvalue weighted by molar-refractivity contribution is 9.10. The molecule has 2 aliphatic carbocycles. The summed E-state index contributed by atoms with van der Waals surface area (Å²) >= 11 is 3.60. The first-order valence-corrected chi connectivity index (χ1v) is 6.96. The van der Waals surface area contributed by atoms with E-state index >= 15 is 0 Å². The summed E-state index contributed by atoms with van der Waals surface area (Å²) in [5.41, 5.74) is 3.26. The fourth-order valence-electron chi connectivity index (χ4n) is 3.06. The Morgan fingerprint density at radius 1 is 1.28 bits per heavy atom. The van der Waals surface area contributed by atoms with E-state index in [1.807, 2.05) is 12.1 Å². The number of allylic oxidation sites excluding steroid dienone is 2. The average Bonchev–Trinajstić information content (AvgIpc) is 2.39. The second-order valence-electron chi connectivity index (χ2n) is 5.02. The monoisotopic (exact) mass is 300 g/mol. The first-order chi connectivity index (χ1) is 8.66. The first-order valence-electron chi connectivity index (χ1n) is 6.17. The predicted octanol–water partition coefficient (Wildman–Crippen LogP) is 3.76. The molecule has 3 rings (SSSR count). The van der Waals surface area contributed by atoms with Gasteiger partial charge >= 0.3 is 0 Å². The molecular formula is C16H13BrO. The smallest absolute Gasteiger partial charge is 0.156 e. The number of hydrogen-bond acceptors (Lipinski definition) is 1. The molecule has 1 unspecified atom stereocenters. The minimum atomic E-state index is -0.231. The summed E-state index contributed by atoms with van der Waals surface area (Å²) in [6, 6.07) is 6.18. The summed E-state index contributed by atoms with van der Waals surface area (Å²) < 4.78 is 1.04. The number of ketones is 1. The Kier molecular flexibility index (Phi) is 2.68. The van der Waals surface area contributed by atoms with Gasteiger partial charge in [0.15, 0.2) is 5.78 Å². The van der Waals surface area contributed by atoms with Crippen molar-refractivity contribution in [3.05, 3.63) is 39.9 Å². The molecule has 1 aromatic carbocycles. The van der Waals surface area contributed by atoms with Crippen molar-refractivity contribution < 1.29 is 4.79 Å². The van der Waals surface area contributed by atoms with E-state index in [0.29, 0.717) is 6.42 Å². The number of hydrogen-bond donors (Lipinski definition) is 0. The number of benzene rings is 1. The lowest BCUT2D eigenvalue weighted by Crippen LogP contribution is -2.30. The zero-order valence-corrected chi connectivity index (χ0v) is 11.6. The van der Waals surface area contributed by atoms with Gasteiger partial charge in [-0.3, -0.25) is 4.79 Å². The lowest BCUT2D eigenvalue weighted by atomic mass is 9.63. The van der Waals surface area contributed by atoms with Crippen molar-refractivity contribution >= 4 is 27.3 Å². The van der Waals surface area contributed by atoms with E-state index in [2.05, 4.69) is 27.9 Å². The fraction of sp³-hybridized carbons (Fsp3) is 0.312. The third kappa shape index (κ3) is 1.58. The normalized spacial score (nSPS) is 25.8. The molecule has 0 radical (unpaired) electrons. The summed E-state index contributed by atoms with van der Waals surface area (Å²) in [5, 5.41) is 0. The molecular weight excluding hydrogens is 288 g/mol. The number of rotatable bonds is 0. The maximum absolute atomic E-state index is 11.7. The summed E-state index contributed by atoms with van der Waals surface area (Å²) in [5.74, 6) is 3.16. The van der Waals surface area contributed by atoms with E-state index in [1.54, 1.807) is 6.08 Å². The maximum atomic E-state index is 11.7. The number of halogens is 1. The van der Waals surface area contributed by atoms with Gasteiger partial charge < -0.3 is 0 Å². The van der Waals surface area contributed by atoms with Crippen LogP contribution in [0.4, 0.5) is 0 Å². The van der Waals surface area contributed by atoms with Gasteiger partial charge in [0.1, 0.15) is 0 Å². The Hall–Kier alpha value is -1.33. The molecule has 0 fully saturated rings. The molecule has 1 atom stereocenters. The van der Waals surface area contributed by atoms with Gasteiger partial charge in [-0.1, -0.05) is 34.0 Å². The third-order valence-corrected chi connectivity index (χ3v) is 4.75. The molecule has 2 aliphatic rings. The molecule has 0 aliphatic heterocycles. The van der Waals surface area contributed by atoms with Crippen LogP contribution in [0.5, 0.6) is 0 Å². The highest BCUT2D eigenvalue weighted by Gasteiger charge is 2.40. The fourth-order valence-corrected chi connectivity index (χ4v) is 3.68. The van der Waals surface area contributed by atoms with Crippen molar-refractivity contribution in [3.8, 4) is 12.3 Å². The van der Waals surface area contributed by atoms with Gasteiger partial charge in [0.05, 0.1) is 5.41 Å². The molecule has 2 heteroatoms. The van der Waals surface area contributed by atoms with Crippen LogP contribution in [0.1, 0.15) is 30.4 Å². The minimum absolute atomic E-state index is 0.194. The summed E-state index contributed by atoms with van der Waals surface area (Å²) in [4.78, 5) is 11.7. The van der Waals surface area contributed by atoms with Crippen LogP contribution in [0.15, 0.2) is 28.7 Å². The van der Waals surface area contributed by atoms with Gasteiger partial charge in [0.2, 0.25) is 0 Å². The van der Waals surface area contributed by atoms with Gasteiger partial charge in [-0.25, -0.2) is 0 Å². The van der Waals surface area contributed by atoms with Crippen LogP contribution >= 0.6 is 15.9 Å². The van der Waals surface area contributed by atoms with Crippen LogP contribution in [0.3, 0.4) is 0 Å². The van der Waals surface area contributed by atoms with E-state index in [4.69, 9.17) is 6.42 Å². The number of carbonyl (C=O) groups is 1. The zero-order chi connectivity index (χ0) is 12.8. The lowest BCUT2D eigenvalue weighted by Gasteiger charge is -2.39. The molecule has 0 saturated heterocycles. The molecule has 1 aromatic rings. The standard InChI is InChI=1S/C16H13BrO/c1-2-16-8-6-11-4-3-5-14(17)15(11)13(16)10-12(18)7-9-16/h1,3-5,10H,6-9H2. The quantitative estimate of drug-likeness (QED) is 0.667. The van der Waals surface area contributed by atoms with E-state index in [1.165, 1.54) is 5.56 Å². The van der Waals surface area contributed by atoms with Gasteiger partial charge in [-0.05, 0) is 48.1 Å². The maximum Gasteiger partial charge on any atom is 0.156 e. The molecule has 0 heterocycles. The Morgan fingerprint density at radius 3 is 2.83 bits per heavy atom. The molecule has 1 nitrogen and oxygen atoms in total. The number of aryl methyl sites for hydroxylation is 1. The Balaban J connectivity index is 2.28. The van der Waals surface area contributed by atoms with E-state index in [-0.39, 0.29) is 11.2 Å². The molecule has 18 heavy (non-hydrogen) atoms. The van der Waals surface area contributed by atoms with Crippen LogP contribution in [0, 0.1) is 17.8 Å². The minimum Gasteiger partial charge on any atom is -0.295 e. The first kappa shape index (κ1) is 11.7. The van der Waals surface area contributed by atoms with Crippen molar-refractivity contribution in [1.82, 2.24) is 0 Å². The number of terminal acetylenes is 1. The second-order valence-corrected chi connectivity index (χ2v) is 5.88. The van der Waals surface area contributed by atoms with Crippen molar-refractivity contribution in [1.29, 1.82) is 0 Å². The summed E-state index contributed by atoms with van der Waals surface area (Å²) in [6.07, 6.45) is 10.9. The topological polar surface area (TPSA) is 17.1 Å². The Morgan fingerprint density at radius 2 is 2.06 bits per heavy atom. The average molecular weight is 301 g/mol. The summed E-state index contributed by atoms with van der Waals surface area (Å²) in [7, 11) is 0. The van der Waals surface area contributed by atoms with Crippen molar-refractivity contribution in [2.45, 2.75) is 25.7 Å². The molecule has 0 aromatic heterocycles. The summed E-state index contributed by atoms with van der Waals surface area (Å²) in [6.45, 7) is 0. The van der Waals surface area contributed by atoms with Crippen LogP contribution in [-0.2, 0) is 11.2 Å². The van der Waals surface area contributed by atoms with Gasteiger partial charge in [-0.2, -0.15) is 0 Å². The zero-order valence-electron chi connectivity index (χ0n) is 10.0. The largest absolute Gasteiger partial charge is 0.295 e. The van der Waals surface area contributed by atoms with Gasteiger partial charge in [0.25, 0.3) is 0 Å². The predicted molar refractivity (Wildman–Crippen MR) is 75.9 cm³/mol. The highest BCUT2D eigenvalue weighted by Crippen LogP contribution is 2.51. The lowest BCUT2D eigenvalue weighted by molar-refractivity contribution is -0.115. The van der Waals surface area contributed by atoms with Gasteiger partial charge in [-0.15, -0.1) is 6.42 Å². The van der Waals surface area contributed by atoms with Crippen molar-refractivity contribution in [3.63, 3.8) is 0 Å². The molecule has 0 N–H and O–H groups in total. The van der Waals surface area contributed by atoms with Crippen LogP contribution < -0.4 is 0 Å². The number of fused-ring (bicyclic) bond motifs is 3. The van der Waals surface area contributed by atoms with Crippen LogP contribution in [0.25, 0.3) is 5.57 Å². The Labute approximate surface area is 115 Å². The Bertz CT molecular complexity index is 606.